The summed E-state index contributed by atoms with van der Waals surface area (Å²) in [5.41, 5.74) is 5.37. The molecule has 4 aromatic heterocycles. The molecule has 0 aliphatic rings. The van der Waals surface area contributed by atoms with Gasteiger partial charge in [0.1, 0.15) is 0 Å². The van der Waals surface area contributed by atoms with E-state index in [0.29, 0.717) is 5.71 Å². The first-order valence-corrected chi connectivity index (χ1v) is 12.2. The van der Waals surface area contributed by atoms with Crippen molar-refractivity contribution in [2.45, 2.75) is 20.8 Å². The summed E-state index contributed by atoms with van der Waals surface area (Å²) >= 11 is 1.75. The zero-order valence-corrected chi connectivity index (χ0v) is 23.6. The van der Waals surface area contributed by atoms with Gasteiger partial charge >= 0.3 is 0 Å². The van der Waals surface area contributed by atoms with Crippen LogP contribution >= 0.6 is 11.3 Å². The van der Waals surface area contributed by atoms with Crippen LogP contribution in [0.5, 0.6) is 0 Å². The Morgan fingerprint density at radius 2 is 1.84 bits per heavy atom. The van der Waals surface area contributed by atoms with Gasteiger partial charge in [-0.2, -0.15) is 0 Å². The van der Waals surface area contributed by atoms with Crippen LogP contribution in [-0.4, -0.2) is 20.9 Å². The molecule has 7 heteroatoms. The summed E-state index contributed by atoms with van der Waals surface area (Å²) in [7, 11) is 0. The number of carbonyl (C=O) groups excluding carboxylic acids is 1. The number of ketones is 1. The maximum Gasteiger partial charge on any atom is 0.216 e. The molecule has 1 N–H and O–H groups in total. The van der Waals surface area contributed by atoms with Crippen molar-refractivity contribution in [3.05, 3.63) is 96.5 Å². The number of aryl methyl sites for hydroxylation is 1. The van der Waals surface area contributed by atoms with Gasteiger partial charge in [0.2, 0.25) is 5.71 Å². The maximum absolute atomic E-state index is 10.0. The molecule has 0 unspecified atom stereocenters. The fourth-order valence-electron chi connectivity index (χ4n) is 4.07. The molecule has 0 saturated heterocycles. The minimum absolute atomic E-state index is 0. The summed E-state index contributed by atoms with van der Waals surface area (Å²) in [4.78, 5) is 20.5. The first-order chi connectivity index (χ1) is 17.4. The van der Waals surface area contributed by atoms with Gasteiger partial charge in [0.25, 0.3) is 0 Å². The Morgan fingerprint density at radius 1 is 1.05 bits per heavy atom. The van der Waals surface area contributed by atoms with Crippen molar-refractivity contribution in [2.75, 3.05) is 0 Å². The first kappa shape index (κ1) is 26.4. The monoisotopic (exact) mass is 684 g/mol. The van der Waals surface area contributed by atoms with Crippen LogP contribution in [0.3, 0.4) is 0 Å². The number of hydrogen-bond acceptors (Lipinski definition) is 6. The Morgan fingerprint density at radius 3 is 2.54 bits per heavy atom. The number of pyridine rings is 2. The topological polar surface area (TPSA) is 76.2 Å². The Kier molecular flexibility index (Phi) is 7.98. The van der Waals surface area contributed by atoms with E-state index in [-0.39, 0.29) is 31.6 Å². The van der Waals surface area contributed by atoms with Crippen molar-refractivity contribution in [3.8, 4) is 21.7 Å². The van der Waals surface area contributed by atoms with E-state index in [2.05, 4.69) is 53.5 Å². The number of thiophene rings is 1. The van der Waals surface area contributed by atoms with Gasteiger partial charge in [0, 0.05) is 58.7 Å². The number of aliphatic hydroxyl groups excluding tert-OH is 1. The SMILES string of the molecule is CC(=O)/C=C(/C)O.Cc1ccc2c(n1)oc1c(-c3nccc4cc(-c5ccccc5)sc34)[c-]ccc12.[Ir]. The number of rotatable bonds is 3. The van der Waals surface area contributed by atoms with Gasteiger partial charge in [0.05, 0.1) is 11.3 Å². The predicted molar refractivity (Wildman–Crippen MR) is 146 cm³/mol. The molecular weight excluding hydrogens is 661 g/mol. The smallest absolute Gasteiger partial charge is 0.216 e. The third kappa shape index (κ3) is 5.54. The largest absolute Gasteiger partial charge is 0.512 e. The van der Waals surface area contributed by atoms with Crippen molar-refractivity contribution < 1.29 is 34.4 Å². The number of aliphatic hydroxyl groups is 1. The van der Waals surface area contributed by atoms with Crippen LogP contribution in [0.15, 0.2) is 89.2 Å². The molecule has 37 heavy (non-hydrogen) atoms. The van der Waals surface area contributed by atoms with E-state index >= 15 is 0 Å². The van der Waals surface area contributed by atoms with Crippen molar-refractivity contribution in [1.82, 2.24) is 9.97 Å². The number of nitrogens with zero attached hydrogens (tertiary/aromatic N) is 2. The third-order valence-electron chi connectivity index (χ3n) is 5.58. The van der Waals surface area contributed by atoms with Crippen molar-refractivity contribution >= 4 is 49.3 Å². The molecule has 0 bridgehead atoms. The van der Waals surface area contributed by atoms with E-state index in [0.717, 1.165) is 38.0 Å². The molecule has 6 aromatic rings. The minimum Gasteiger partial charge on any atom is -0.512 e. The van der Waals surface area contributed by atoms with E-state index in [1.807, 2.05) is 37.4 Å². The fraction of sp³-hybridized carbons (Fsp3) is 0.100. The van der Waals surface area contributed by atoms with E-state index in [1.54, 1.807) is 11.3 Å². The van der Waals surface area contributed by atoms with Crippen molar-refractivity contribution in [1.29, 1.82) is 0 Å². The molecule has 2 aromatic carbocycles. The second-order valence-corrected chi connectivity index (χ2v) is 9.51. The summed E-state index contributed by atoms with van der Waals surface area (Å²) in [5, 5.41) is 11.6. The summed E-state index contributed by atoms with van der Waals surface area (Å²) in [5.74, 6) is -0.0625. The maximum atomic E-state index is 10.0. The number of hydrogen-bond donors (Lipinski definition) is 1. The molecule has 0 amide bonds. The standard InChI is InChI=1S/C25H15N2OS.C5H8O2.Ir/c1-15-10-11-19-18-8-5-9-20(23(18)28-25(19)27-15)22-24-17(12-13-26-22)14-21(29-24)16-6-3-2-4-7-16;1-4(6)3-5(2)7;/h2-8,10-14H,1H3;3,6H,1-2H3;/q-1;;/b;4-3-;. The third-order valence-corrected chi connectivity index (χ3v) is 6.79. The van der Waals surface area contributed by atoms with Crippen LogP contribution in [0.4, 0.5) is 0 Å². The summed E-state index contributed by atoms with van der Waals surface area (Å²) < 4.78 is 7.32. The van der Waals surface area contributed by atoms with Gasteiger partial charge in [0.15, 0.2) is 5.78 Å². The van der Waals surface area contributed by atoms with Crippen molar-refractivity contribution in [3.63, 3.8) is 0 Å². The van der Waals surface area contributed by atoms with Crippen LogP contribution in [0.2, 0.25) is 0 Å². The van der Waals surface area contributed by atoms with Crippen LogP contribution in [0.1, 0.15) is 19.5 Å². The Bertz CT molecular complexity index is 1750. The quantitative estimate of drug-likeness (QED) is 0.116. The number of furan rings is 1. The normalized spacial score (nSPS) is 11.3. The van der Waals surface area contributed by atoms with Gasteiger partial charge in [-0.25, -0.2) is 4.98 Å². The Balaban J connectivity index is 0.000000356. The zero-order chi connectivity index (χ0) is 25.2. The van der Waals surface area contributed by atoms with Crippen LogP contribution < -0.4 is 0 Å². The molecule has 187 valence electrons. The van der Waals surface area contributed by atoms with Crippen molar-refractivity contribution in [2.24, 2.45) is 0 Å². The fourth-order valence-corrected chi connectivity index (χ4v) is 5.23. The van der Waals surface area contributed by atoms with Crippen LogP contribution in [-0.2, 0) is 24.9 Å². The van der Waals surface area contributed by atoms with Gasteiger partial charge in [-0.1, -0.05) is 41.3 Å². The van der Waals surface area contributed by atoms with E-state index in [9.17, 15) is 4.79 Å². The molecule has 5 nitrogen and oxygen atoms in total. The molecule has 0 saturated carbocycles. The number of carbonyl (C=O) groups is 1. The average Bonchev–Trinajstić information content (AvgIpc) is 3.45. The van der Waals surface area contributed by atoms with Crippen LogP contribution in [0, 0.1) is 13.0 Å². The molecule has 0 aliphatic carbocycles. The Labute approximate surface area is 231 Å². The zero-order valence-electron chi connectivity index (χ0n) is 20.4. The first-order valence-electron chi connectivity index (χ1n) is 11.4. The molecule has 0 atom stereocenters. The summed E-state index contributed by atoms with van der Waals surface area (Å²) in [6.45, 7) is 4.82. The van der Waals surface area contributed by atoms with Gasteiger partial charge in [-0.05, 0) is 56.0 Å². The van der Waals surface area contributed by atoms with Gasteiger partial charge in [-0.15, -0.1) is 29.5 Å². The predicted octanol–water partition coefficient (Wildman–Crippen LogP) is 8.07. The van der Waals surface area contributed by atoms with Crippen LogP contribution in [0.25, 0.3) is 53.9 Å². The summed E-state index contributed by atoms with van der Waals surface area (Å²) in [6, 6.07) is 26.2. The average molecular weight is 684 g/mol. The summed E-state index contributed by atoms with van der Waals surface area (Å²) in [6.07, 6.45) is 3.02. The number of benzene rings is 2. The second kappa shape index (κ2) is 11.2. The molecular formula is C30H23IrN2O3S-. The van der Waals surface area contributed by atoms with Gasteiger partial charge < -0.3 is 14.5 Å². The molecule has 6 rings (SSSR count). The van der Waals surface area contributed by atoms with E-state index < -0.39 is 0 Å². The molecule has 0 spiro atoms. The number of aromatic nitrogens is 2. The Hall–Kier alpha value is -3.64. The van der Waals surface area contributed by atoms with E-state index in [1.165, 1.54) is 35.8 Å². The van der Waals surface area contributed by atoms with Gasteiger partial charge in [-0.3, -0.25) is 4.79 Å². The number of fused-ring (bicyclic) bond motifs is 4. The minimum atomic E-state index is -0.125. The molecule has 0 fully saturated rings. The molecule has 4 heterocycles. The molecule has 0 aliphatic heterocycles. The second-order valence-electron chi connectivity index (χ2n) is 8.45. The molecule has 1 radical (unpaired) electrons. The number of allylic oxidation sites excluding steroid dienone is 2. The van der Waals surface area contributed by atoms with E-state index in [4.69, 9.17) is 14.5 Å².